The lowest BCUT2D eigenvalue weighted by Gasteiger charge is -2.02. The SMILES string of the molecule is CC(C)N.COc1cc(O)nc(OC)c1.O=C(O)c1ccccc1. The summed E-state index contributed by atoms with van der Waals surface area (Å²) in [5.74, 6) is -0.131. The summed E-state index contributed by atoms with van der Waals surface area (Å²) >= 11 is 0. The van der Waals surface area contributed by atoms with Crippen molar-refractivity contribution in [2.75, 3.05) is 14.2 Å². The zero-order chi connectivity index (χ0) is 18.5. The van der Waals surface area contributed by atoms with E-state index >= 15 is 0 Å². The molecule has 0 aliphatic carbocycles. The van der Waals surface area contributed by atoms with Crippen LogP contribution < -0.4 is 15.2 Å². The van der Waals surface area contributed by atoms with Crippen molar-refractivity contribution in [3.63, 3.8) is 0 Å². The number of nitrogens with two attached hydrogens (primary N) is 1. The first-order chi connectivity index (χ1) is 11.3. The van der Waals surface area contributed by atoms with Crippen LogP contribution in [-0.4, -0.2) is 41.4 Å². The smallest absolute Gasteiger partial charge is 0.335 e. The number of carbonyl (C=O) groups is 1. The maximum Gasteiger partial charge on any atom is 0.335 e. The monoisotopic (exact) mass is 336 g/mol. The van der Waals surface area contributed by atoms with Gasteiger partial charge in [0.15, 0.2) is 0 Å². The maximum atomic E-state index is 10.2. The average molecular weight is 336 g/mol. The molecule has 0 saturated heterocycles. The van der Waals surface area contributed by atoms with E-state index in [0.29, 0.717) is 23.2 Å². The summed E-state index contributed by atoms with van der Waals surface area (Å²) < 4.78 is 9.64. The van der Waals surface area contributed by atoms with E-state index in [1.807, 2.05) is 13.8 Å². The first-order valence-corrected chi connectivity index (χ1v) is 7.13. The van der Waals surface area contributed by atoms with Gasteiger partial charge in [-0.05, 0) is 18.2 Å². The first-order valence-electron chi connectivity index (χ1n) is 7.13. The van der Waals surface area contributed by atoms with Crippen LogP contribution in [0, 0.1) is 0 Å². The van der Waals surface area contributed by atoms with Crippen LogP contribution >= 0.6 is 0 Å². The minimum absolute atomic E-state index is 0.110. The summed E-state index contributed by atoms with van der Waals surface area (Å²) in [6, 6.07) is 11.6. The fourth-order valence-corrected chi connectivity index (χ4v) is 1.27. The molecule has 7 nitrogen and oxygen atoms in total. The van der Waals surface area contributed by atoms with Crippen LogP contribution in [0.1, 0.15) is 24.2 Å². The molecule has 0 aliphatic heterocycles. The Labute approximate surface area is 141 Å². The van der Waals surface area contributed by atoms with Crippen LogP contribution in [0.25, 0.3) is 0 Å². The zero-order valence-electron chi connectivity index (χ0n) is 14.3. The second-order valence-electron chi connectivity index (χ2n) is 4.82. The van der Waals surface area contributed by atoms with Crippen molar-refractivity contribution in [3.05, 3.63) is 48.0 Å². The van der Waals surface area contributed by atoms with Gasteiger partial charge >= 0.3 is 5.97 Å². The number of rotatable bonds is 3. The van der Waals surface area contributed by atoms with Crippen molar-refractivity contribution in [2.24, 2.45) is 5.73 Å². The molecule has 0 saturated carbocycles. The number of hydrogen-bond acceptors (Lipinski definition) is 6. The third-order valence-electron chi connectivity index (χ3n) is 2.23. The molecule has 0 aliphatic rings. The number of carboxylic acids is 1. The lowest BCUT2D eigenvalue weighted by molar-refractivity contribution is 0.0697. The number of aromatic carboxylic acids is 1. The van der Waals surface area contributed by atoms with Crippen molar-refractivity contribution >= 4 is 5.97 Å². The Morgan fingerprint density at radius 2 is 1.67 bits per heavy atom. The topological polar surface area (TPSA) is 115 Å². The van der Waals surface area contributed by atoms with Gasteiger partial charge in [0.1, 0.15) is 5.75 Å². The lowest BCUT2D eigenvalue weighted by atomic mass is 10.2. The van der Waals surface area contributed by atoms with Gasteiger partial charge in [0.25, 0.3) is 0 Å². The van der Waals surface area contributed by atoms with Gasteiger partial charge in [-0.3, -0.25) is 0 Å². The van der Waals surface area contributed by atoms with Crippen LogP contribution in [0.15, 0.2) is 42.5 Å². The molecule has 1 aromatic heterocycles. The van der Waals surface area contributed by atoms with E-state index < -0.39 is 5.97 Å². The number of carboxylic acid groups (broad SMARTS) is 1. The predicted octanol–water partition coefficient (Wildman–Crippen LogP) is 2.54. The maximum absolute atomic E-state index is 10.2. The van der Waals surface area contributed by atoms with Gasteiger partial charge in [0.05, 0.1) is 19.8 Å². The number of aromatic hydroxyl groups is 1. The van der Waals surface area contributed by atoms with E-state index in [1.54, 1.807) is 36.4 Å². The van der Waals surface area contributed by atoms with E-state index in [0.717, 1.165) is 0 Å². The molecule has 7 heteroatoms. The normalized spacial score (nSPS) is 9.08. The summed E-state index contributed by atoms with van der Waals surface area (Å²) in [7, 11) is 2.98. The molecule has 1 aromatic carbocycles. The molecule has 132 valence electrons. The van der Waals surface area contributed by atoms with Crippen molar-refractivity contribution in [1.29, 1.82) is 0 Å². The minimum Gasteiger partial charge on any atom is -0.496 e. The molecule has 0 atom stereocenters. The average Bonchev–Trinajstić information content (AvgIpc) is 2.55. The van der Waals surface area contributed by atoms with Gasteiger partial charge in [-0.2, -0.15) is 4.98 Å². The highest BCUT2D eigenvalue weighted by molar-refractivity contribution is 5.87. The largest absolute Gasteiger partial charge is 0.496 e. The lowest BCUT2D eigenvalue weighted by Crippen LogP contribution is -2.06. The number of methoxy groups -OCH3 is 2. The van der Waals surface area contributed by atoms with E-state index in [4.69, 9.17) is 25.4 Å². The third-order valence-corrected chi connectivity index (χ3v) is 2.23. The zero-order valence-corrected chi connectivity index (χ0v) is 14.3. The number of hydrogen-bond donors (Lipinski definition) is 3. The standard InChI is InChI=1S/C7H9NO3.C7H6O2.C3H9N/c1-10-5-3-6(9)8-7(4-5)11-2;8-7(9)6-4-2-1-3-5-6;1-3(2)4/h3-4H,1-2H3,(H,8,9);1-5H,(H,8,9);3H,4H2,1-2H3. The molecular weight excluding hydrogens is 312 g/mol. The third kappa shape index (κ3) is 10.0. The molecule has 1 heterocycles. The molecule has 0 unspecified atom stereocenters. The van der Waals surface area contributed by atoms with Crippen molar-refractivity contribution in [2.45, 2.75) is 19.9 Å². The molecule has 24 heavy (non-hydrogen) atoms. The molecule has 0 fully saturated rings. The molecule has 4 N–H and O–H groups in total. The predicted molar refractivity (Wildman–Crippen MR) is 91.7 cm³/mol. The Balaban J connectivity index is 0.000000367. The van der Waals surface area contributed by atoms with Crippen molar-refractivity contribution in [1.82, 2.24) is 4.98 Å². The van der Waals surface area contributed by atoms with Crippen LogP contribution in [0.4, 0.5) is 0 Å². The van der Waals surface area contributed by atoms with E-state index in [-0.39, 0.29) is 5.88 Å². The van der Waals surface area contributed by atoms with Gasteiger partial charge in [-0.25, -0.2) is 4.79 Å². The fraction of sp³-hybridized carbons (Fsp3) is 0.294. The number of ether oxygens (including phenoxy) is 2. The fourth-order valence-electron chi connectivity index (χ4n) is 1.27. The Kier molecular flexibility index (Phi) is 10.4. The second-order valence-corrected chi connectivity index (χ2v) is 4.82. The van der Waals surface area contributed by atoms with Gasteiger partial charge in [-0.15, -0.1) is 0 Å². The summed E-state index contributed by atoms with van der Waals surface area (Å²) in [4.78, 5) is 13.9. The quantitative estimate of drug-likeness (QED) is 0.789. The molecular formula is C17H24N2O5. The van der Waals surface area contributed by atoms with Crippen LogP contribution in [0.5, 0.6) is 17.5 Å². The Hall–Kier alpha value is -2.80. The van der Waals surface area contributed by atoms with Gasteiger partial charge in [0.2, 0.25) is 11.8 Å². The minimum atomic E-state index is -0.879. The van der Waals surface area contributed by atoms with Gasteiger partial charge in [-0.1, -0.05) is 32.0 Å². The number of nitrogens with zero attached hydrogens (tertiary/aromatic N) is 1. The van der Waals surface area contributed by atoms with E-state index in [2.05, 4.69) is 4.98 Å². The van der Waals surface area contributed by atoms with E-state index in [9.17, 15) is 4.79 Å². The van der Waals surface area contributed by atoms with Gasteiger partial charge in [0, 0.05) is 12.1 Å². The second kappa shape index (κ2) is 11.7. The van der Waals surface area contributed by atoms with Crippen molar-refractivity contribution in [3.8, 4) is 17.5 Å². The molecule has 0 spiro atoms. The Bertz CT molecular complexity index is 578. The number of pyridine rings is 1. The van der Waals surface area contributed by atoms with Crippen molar-refractivity contribution < 1.29 is 24.5 Å². The Morgan fingerprint density at radius 1 is 1.12 bits per heavy atom. The number of benzene rings is 1. The summed E-state index contributed by atoms with van der Waals surface area (Å²) in [5, 5.41) is 17.4. The molecule has 0 radical (unpaired) electrons. The molecule has 2 aromatic rings. The summed E-state index contributed by atoms with van der Waals surface area (Å²) in [6.07, 6.45) is 0. The van der Waals surface area contributed by atoms with Crippen LogP contribution in [0.2, 0.25) is 0 Å². The van der Waals surface area contributed by atoms with Gasteiger partial charge < -0.3 is 25.4 Å². The summed E-state index contributed by atoms with van der Waals surface area (Å²) in [5.41, 5.74) is 5.44. The van der Waals surface area contributed by atoms with Crippen LogP contribution in [-0.2, 0) is 0 Å². The summed E-state index contributed by atoms with van der Waals surface area (Å²) in [6.45, 7) is 3.89. The van der Waals surface area contributed by atoms with E-state index in [1.165, 1.54) is 20.3 Å². The highest BCUT2D eigenvalue weighted by Gasteiger charge is 2.00. The highest BCUT2D eigenvalue weighted by Crippen LogP contribution is 2.21. The Morgan fingerprint density at radius 3 is 2.04 bits per heavy atom. The molecule has 0 amide bonds. The number of aromatic nitrogens is 1. The molecule has 0 bridgehead atoms. The molecule has 2 rings (SSSR count). The van der Waals surface area contributed by atoms with Crippen LogP contribution in [0.3, 0.4) is 0 Å². The highest BCUT2D eigenvalue weighted by atomic mass is 16.5. The first kappa shape index (κ1) is 21.2.